The highest BCUT2D eigenvalue weighted by Gasteiger charge is 2.39. The van der Waals surface area contributed by atoms with Crippen LogP contribution in [0.15, 0.2) is 55.1 Å². The summed E-state index contributed by atoms with van der Waals surface area (Å²) < 4.78 is 6.42. The first-order chi connectivity index (χ1) is 10.6. The number of rotatable bonds is 5. The predicted octanol–water partition coefficient (Wildman–Crippen LogP) is 4.84. The fourth-order valence-electron chi connectivity index (χ4n) is 3.34. The van der Waals surface area contributed by atoms with E-state index in [-0.39, 0.29) is 0 Å². The van der Waals surface area contributed by atoms with Crippen molar-refractivity contribution < 1.29 is 4.43 Å². The number of hydrogen-bond donors (Lipinski definition) is 0. The van der Waals surface area contributed by atoms with E-state index in [2.05, 4.69) is 68.2 Å². The third-order valence-corrected chi connectivity index (χ3v) is 7.17. The van der Waals surface area contributed by atoms with Crippen LogP contribution in [0.2, 0.25) is 13.1 Å². The Hall–Kier alpha value is -1.64. The van der Waals surface area contributed by atoms with Crippen molar-refractivity contribution in [1.82, 2.24) is 0 Å². The Kier molecular flexibility index (Phi) is 4.32. The van der Waals surface area contributed by atoms with Crippen molar-refractivity contribution in [3.8, 4) is 0 Å². The molecule has 1 aliphatic heterocycles. The van der Waals surface area contributed by atoms with Crippen molar-refractivity contribution in [2.45, 2.75) is 38.5 Å². The molecule has 3 rings (SSSR count). The Labute approximate surface area is 134 Å². The highest BCUT2D eigenvalue weighted by molar-refractivity contribution is 6.85. The highest BCUT2D eigenvalue weighted by Crippen LogP contribution is 2.33. The molecule has 22 heavy (non-hydrogen) atoms. The molecular formula is C20H24OSi. The summed E-state index contributed by atoms with van der Waals surface area (Å²) in [5.74, 6) is 0. The lowest BCUT2D eigenvalue weighted by atomic mass is 10.0. The van der Waals surface area contributed by atoms with Gasteiger partial charge >= 0.3 is 0 Å². The molecule has 1 aliphatic rings. The molecular weight excluding hydrogens is 284 g/mol. The molecule has 0 radical (unpaired) electrons. The van der Waals surface area contributed by atoms with Crippen molar-refractivity contribution in [1.29, 1.82) is 0 Å². The number of fused-ring (bicyclic) bond motifs is 1. The summed E-state index contributed by atoms with van der Waals surface area (Å²) in [5.41, 5.74) is 4.01. The Morgan fingerprint density at radius 1 is 1.09 bits per heavy atom. The monoisotopic (exact) mass is 308 g/mol. The summed E-state index contributed by atoms with van der Waals surface area (Å²) in [5, 5.41) is 1.48. The normalized spacial score (nSPS) is 18.9. The van der Waals surface area contributed by atoms with Gasteiger partial charge in [-0.25, -0.2) is 0 Å². The first kappa shape index (κ1) is 15.3. The topological polar surface area (TPSA) is 9.23 Å². The van der Waals surface area contributed by atoms with E-state index in [1.165, 1.54) is 21.9 Å². The molecule has 0 saturated heterocycles. The van der Waals surface area contributed by atoms with Gasteiger partial charge in [0.1, 0.15) is 0 Å². The first-order valence-electron chi connectivity index (χ1n) is 8.09. The molecule has 0 saturated carbocycles. The van der Waals surface area contributed by atoms with Gasteiger partial charge in [-0.1, -0.05) is 61.2 Å². The molecule has 2 aromatic carbocycles. The number of hydrogen-bond acceptors (Lipinski definition) is 1. The molecule has 0 fully saturated rings. The fourth-order valence-corrected chi connectivity index (χ4v) is 5.86. The summed E-state index contributed by atoms with van der Waals surface area (Å²) in [4.78, 5) is 0. The van der Waals surface area contributed by atoms with Gasteiger partial charge in [0.2, 0.25) is 8.32 Å². The van der Waals surface area contributed by atoms with Gasteiger partial charge in [-0.15, -0.1) is 0 Å². The van der Waals surface area contributed by atoms with Gasteiger partial charge in [-0.2, -0.15) is 0 Å². The Bertz CT molecular complexity index is 658. The van der Waals surface area contributed by atoms with E-state index < -0.39 is 8.32 Å². The van der Waals surface area contributed by atoms with Crippen molar-refractivity contribution in [3.05, 3.63) is 71.8 Å². The lowest BCUT2D eigenvalue weighted by molar-refractivity contribution is 0.201. The van der Waals surface area contributed by atoms with E-state index in [0.717, 1.165) is 19.3 Å². The maximum Gasteiger partial charge on any atom is 0.219 e. The largest absolute Gasteiger partial charge is 0.406 e. The smallest absolute Gasteiger partial charge is 0.219 e. The van der Waals surface area contributed by atoms with E-state index in [1.807, 2.05) is 6.08 Å². The second-order valence-corrected chi connectivity index (χ2v) is 10.3. The molecule has 0 aliphatic carbocycles. The lowest BCUT2D eigenvalue weighted by Crippen LogP contribution is -2.39. The maximum atomic E-state index is 6.42. The van der Waals surface area contributed by atoms with Crippen LogP contribution < -0.4 is 5.19 Å². The maximum absolute atomic E-state index is 6.42. The van der Waals surface area contributed by atoms with Gasteiger partial charge in [-0.3, -0.25) is 0 Å². The highest BCUT2D eigenvalue weighted by atomic mass is 28.4. The van der Waals surface area contributed by atoms with Gasteiger partial charge in [0.05, 0.1) is 6.10 Å². The van der Waals surface area contributed by atoms with Gasteiger partial charge in [0.15, 0.2) is 0 Å². The predicted molar refractivity (Wildman–Crippen MR) is 96.9 cm³/mol. The van der Waals surface area contributed by atoms with Crippen LogP contribution in [-0.4, -0.2) is 8.32 Å². The van der Waals surface area contributed by atoms with Crippen LogP contribution in [0.4, 0.5) is 0 Å². The van der Waals surface area contributed by atoms with Gasteiger partial charge in [-0.05, 0) is 54.2 Å². The zero-order chi connectivity index (χ0) is 15.6. The second-order valence-electron chi connectivity index (χ2n) is 6.54. The van der Waals surface area contributed by atoms with Crippen molar-refractivity contribution in [3.63, 3.8) is 0 Å². The third kappa shape index (κ3) is 3.08. The Balaban J connectivity index is 1.61. The molecule has 114 valence electrons. The molecule has 1 heterocycles. The van der Waals surface area contributed by atoms with Crippen LogP contribution in [0, 0.1) is 0 Å². The van der Waals surface area contributed by atoms with Crippen LogP contribution in [0.25, 0.3) is 6.08 Å². The molecule has 1 nitrogen and oxygen atoms in total. The fraction of sp³-hybridized carbons (Fsp3) is 0.300. The van der Waals surface area contributed by atoms with E-state index in [4.69, 9.17) is 4.43 Å². The third-order valence-electron chi connectivity index (χ3n) is 4.54. The minimum Gasteiger partial charge on any atom is -0.406 e. The number of aryl methyl sites for hydroxylation is 1. The van der Waals surface area contributed by atoms with Crippen LogP contribution in [0.5, 0.6) is 0 Å². The Morgan fingerprint density at radius 2 is 1.82 bits per heavy atom. The van der Waals surface area contributed by atoms with Crippen LogP contribution >= 0.6 is 0 Å². The molecule has 1 unspecified atom stereocenters. The first-order valence-corrected chi connectivity index (χ1v) is 11.0. The van der Waals surface area contributed by atoms with Crippen LogP contribution in [0.1, 0.15) is 35.6 Å². The summed E-state index contributed by atoms with van der Waals surface area (Å²) in [6, 6.07) is 17.5. The van der Waals surface area contributed by atoms with Gasteiger partial charge in [0.25, 0.3) is 0 Å². The number of benzene rings is 2. The van der Waals surface area contributed by atoms with E-state index in [1.54, 1.807) is 0 Å². The van der Waals surface area contributed by atoms with Gasteiger partial charge < -0.3 is 4.43 Å². The average Bonchev–Trinajstić information content (AvgIpc) is 2.80. The van der Waals surface area contributed by atoms with E-state index >= 15 is 0 Å². The molecule has 0 spiro atoms. The molecule has 1 atom stereocenters. The summed E-state index contributed by atoms with van der Waals surface area (Å²) in [6.45, 7) is 8.41. The summed E-state index contributed by atoms with van der Waals surface area (Å²) >= 11 is 0. The molecule has 0 bridgehead atoms. The quantitative estimate of drug-likeness (QED) is 0.718. The molecule has 2 aromatic rings. The molecule has 2 heteroatoms. The summed E-state index contributed by atoms with van der Waals surface area (Å²) in [7, 11) is -1.68. The zero-order valence-corrected chi connectivity index (χ0v) is 14.5. The van der Waals surface area contributed by atoms with Crippen LogP contribution in [0.3, 0.4) is 0 Å². The standard InChI is InChI=1S/C20H24OSi/c1-4-16-12-14-17(15-13-16)8-7-10-19-18-9-5-6-11-20(18)22(2,3)21-19/h4-6,9,11-15,19H,1,7-8,10H2,2-3H3. The van der Waals surface area contributed by atoms with Crippen LogP contribution in [-0.2, 0) is 10.8 Å². The molecule has 0 N–H and O–H groups in total. The minimum absolute atomic E-state index is 0.297. The lowest BCUT2D eigenvalue weighted by Gasteiger charge is -2.18. The van der Waals surface area contributed by atoms with Crippen molar-refractivity contribution in [2.75, 3.05) is 0 Å². The van der Waals surface area contributed by atoms with Gasteiger partial charge in [0, 0.05) is 0 Å². The van der Waals surface area contributed by atoms with Crippen molar-refractivity contribution in [2.24, 2.45) is 0 Å². The summed E-state index contributed by atoms with van der Waals surface area (Å²) in [6.07, 6.45) is 5.57. The Morgan fingerprint density at radius 3 is 2.55 bits per heavy atom. The zero-order valence-electron chi connectivity index (χ0n) is 13.5. The SMILES string of the molecule is C=Cc1ccc(CCCC2O[Si](C)(C)c3ccccc32)cc1. The average molecular weight is 308 g/mol. The minimum atomic E-state index is -1.68. The van der Waals surface area contributed by atoms with E-state index in [0.29, 0.717) is 6.10 Å². The molecule has 0 amide bonds. The van der Waals surface area contributed by atoms with Crippen molar-refractivity contribution >= 4 is 19.6 Å². The molecule has 0 aromatic heterocycles. The van der Waals surface area contributed by atoms with E-state index in [9.17, 15) is 0 Å². The second kappa shape index (κ2) is 6.23.